The molecule has 0 saturated carbocycles. The SMILES string of the molecule is O=C(NCc1ccc(Cl)cc1)N1CCCC(O)(CO)CC1. The molecule has 6 heteroatoms. The number of aliphatic hydroxyl groups excluding tert-OH is 1. The van der Waals surface area contributed by atoms with Crippen LogP contribution in [0.25, 0.3) is 0 Å². The Morgan fingerprint density at radius 2 is 2.00 bits per heavy atom. The third-order valence-corrected chi connectivity index (χ3v) is 4.11. The maximum Gasteiger partial charge on any atom is 0.317 e. The van der Waals surface area contributed by atoms with Crippen LogP contribution in [0.5, 0.6) is 0 Å². The summed E-state index contributed by atoms with van der Waals surface area (Å²) in [7, 11) is 0. The molecule has 1 heterocycles. The number of aliphatic hydroxyl groups is 2. The molecule has 0 aromatic heterocycles. The van der Waals surface area contributed by atoms with E-state index in [-0.39, 0.29) is 12.6 Å². The summed E-state index contributed by atoms with van der Waals surface area (Å²) in [6.07, 6.45) is 1.60. The molecule has 0 spiro atoms. The second kappa shape index (κ2) is 7.11. The molecule has 21 heavy (non-hydrogen) atoms. The minimum atomic E-state index is -1.05. The quantitative estimate of drug-likeness (QED) is 0.796. The molecule has 2 amide bonds. The Hall–Kier alpha value is -1.30. The van der Waals surface area contributed by atoms with E-state index in [4.69, 9.17) is 11.6 Å². The van der Waals surface area contributed by atoms with Crippen molar-refractivity contribution in [3.63, 3.8) is 0 Å². The van der Waals surface area contributed by atoms with Crippen molar-refractivity contribution in [3.8, 4) is 0 Å². The van der Waals surface area contributed by atoms with Crippen molar-refractivity contribution < 1.29 is 15.0 Å². The van der Waals surface area contributed by atoms with Crippen molar-refractivity contribution in [2.24, 2.45) is 0 Å². The molecule has 1 aliphatic rings. The lowest BCUT2D eigenvalue weighted by Crippen LogP contribution is -2.41. The summed E-state index contributed by atoms with van der Waals surface area (Å²) in [5.41, 5.74) is -0.0694. The standard InChI is InChI=1S/C15H21ClN2O3/c16-13-4-2-12(3-5-13)10-17-14(20)18-8-1-6-15(21,11-19)7-9-18/h2-5,19,21H,1,6-11H2,(H,17,20). The van der Waals surface area contributed by atoms with Gasteiger partial charge in [0, 0.05) is 24.7 Å². The Morgan fingerprint density at radius 1 is 1.29 bits per heavy atom. The van der Waals surface area contributed by atoms with Gasteiger partial charge in [0.25, 0.3) is 0 Å². The Labute approximate surface area is 129 Å². The normalized spacial score (nSPS) is 22.7. The fourth-order valence-corrected chi connectivity index (χ4v) is 2.56. The van der Waals surface area contributed by atoms with Crippen molar-refractivity contribution >= 4 is 17.6 Å². The van der Waals surface area contributed by atoms with Crippen LogP contribution in [0.15, 0.2) is 24.3 Å². The molecule has 1 unspecified atom stereocenters. The number of carbonyl (C=O) groups is 1. The lowest BCUT2D eigenvalue weighted by molar-refractivity contribution is -0.0248. The smallest absolute Gasteiger partial charge is 0.317 e. The predicted molar refractivity (Wildman–Crippen MR) is 81.1 cm³/mol. The summed E-state index contributed by atoms with van der Waals surface area (Å²) < 4.78 is 0. The average molecular weight is 313 g/mol. The lowest BCUT2D eigenvalue weighted by Gasteiger charge is -2.24. The van der Waals surface area contributed by atoms with E-state index in [9.17, 15) is 15.0 Å². The zero-order chi connectivity index (χ0) is 15.3. The Kier molecular flexibility index (Phi) is 5.45. The van der Waals surface area contributed by atoms with E-state index in [1.165, 1.54) is 0 Å². The Bertz CT molecular complexity index is 480. The predicted octanol–water partition coefficient (Wildman–Crippen LogP) is 1.76. The van der Waals surface area contributed by atoms with E-state index in [2.05, 4.69) is 5.32 Å². The highest BCUT2D eigenvalue weighted by Crippen LogP contribution is 2.21. The zero-order valence-corrected chi connectivity index (χ0v) is 12.6. The van der Waals surface area contributed by atoms with Gasteiger partial charge in [0.2, 0.25) is 0 Å². The van der Waals surface area contributed by atoms with Gasteiger partial charge in [-0.2, -0.15) is 0 Å². The number of rotatable bonds is 3. The highest BCUT2D eigenvalue weighted by molar-refractivity contribution is 6.30. The summed E-state index contributed by atoms with van der Waals surface area (Å²) in [5.74, 6) is 0. The second-order valence-corrected chi connectivity index (χ2v) is 5.94. The Morgan fingerprint density at radius 3 is 2.67 bits per heavy atom. The van der Waals surface area contributed by atoms with E-state index < -0.39 is 5.60 Å². The van der Waals surface area contributed by atoms with Crippen LogP contribution in [0.2, 0.25) is 5.02 Å². The molecule has 1 atom stereocenters. The number of nitrogens with one attached hydrogen (secondary N) is 1. The molecule has 1 aliphatic heterocycles. The summed E-state index contributed by atoms with van der Waals surface area (Å²) in [5, 5.41) is 22.8. The van der Waals surface area contributed by atoms with Crippen molar-refractivity contribution in [2.45, 2.75) is 31.4 Å². The number of carbonyl (C=O) groups excluding carboxylic acids is 1. The number of hydrogen-bond donors (Lipinski definition) is 3. The Balaban J connectivity index is 1.84. The van der Waals surface area contributed by atoms with Gasteiger partial charge in [0.1, 0.15) is 0 Å². The van der Waals surface area contributed by atoms with Gasteiger partial charge in [-0.3, -0.25) is 0 Å². The summed E-state index contributed by atoms with van der Waals surface area (Å²) in [6.45, 7) is 1.22. The average Bonchev–Trinajstić information content (AvgIpc) is 2.69. The van der Waals surface area contributed by atoms with Gasteiger partial charge in [-0.1, -0.05) is 23.7 Å². The van der Waals surface area contributed by atoms with Crippen molar-refractivity contribution in [3.05, 3.63) is 34.9 Å². The second-order valence-electron chi connectivity index (χ2n) is 5.51. The largest absolute Gasteiger partial charge is 0.393 e. The van der Waals surface area contributed by atoms with Gasteiger partial charge in [-0.15, -0.1) is 0 Å². The first-order valence-electron chi connectivity index (χ1n) is 7.13. The van der Waals surface area contributed by atoms with Crippen LogP contribution in [-0.4, -0.2) is 46.4 Å². The van der Waals surface area contributed by atoms with Crippen LogP contribution in [-0.2, 0) is 6.54 Å². The minimum absolute atomic E-state index is 0.146. The first kappa shape index (κ1) is 16.1. The third kappa shape index (κ3) is 4.59. The van der Waals surface area contributed by atoms with E-state index >= 15 is 0 Å². The summed E-state index contributed by atoms with van der Waals surface area (Å²) >= 11 is 5.82. The minimum Gasteiger partial charge on any atom is -0.393 e. The molecule has 0 radical (unpaired) electrons. The molecule has 1 saturated heterocycles. The number of urea groups is 1. The molecule has 116 valence electrons. The fraction of sp³-hybridized carbons (Fsp3) is 0.533. The number of halogens is 1. The highest BCUT2D eigenvalue weighted by atomic mass is 35.5. The molecule has 1 aromatic rings. The van der Waals surface area contributed by atoms with Crippen LogP contribution in [0.1, 0.15) is 24.8 Å². The molecule has 0 bridgehead atoms. The molecule has 1 fully saturated rings. The van der Waals surface area contributed by atoms with Crippen LogP contribution < -0.4 is 5.32 Å². The molecule has 5 nitrogen and oxygen atoms in total. The van der Waals surface area contributed by atoms with Crippen molar-refractivity contribution in [2.75, 3.05) is 19.7 Å². The molecular formula is C15H21ClN2O3. The molecular weight excluding hydrogens is 292 g/mol. The van der Waals surface area contributed by atoms with E-state index in [0.29, 0.717) is 43.9 Å². The van der Waals surface area contributed by atoms with Crippen LogP contribution in [0.4, 0.5) is 4.79 Å². The summed E-state index contributed by atoms with van der Waals surface area (Å²) in [6, 6.07) is 7.17. The number of benzene rings is 1. The fourth-order valence-electron chi connectivity index (χ4n) is 2.43. The molecule has 2 rings (SSSR count). The number of hydrogen-bond acceptors (Lipinski definition) is 3. The van der Waals surface area contributed by atoms with Crippen LogP contribution in [0, 0.1) is 0 Å². The van der Waals surface area contributed by atoms with Gasteiger partial charge >= 0.3 is 6.03 Å². The molecule has 3 N–H and O–H groups in total. The number of nitrogens with zero attached hydrogens (tertiary/aromatic N) is 1. The lowest BCUT2D eigenvalue weighted by atomic mass is 9.96. The zero-order valence-electron chi connectivity index (χ0n) is 11.9. The van der Waals surface area contributed by atoms with Gasteiger partial charge in [0.15, 0.2) is 0 Å². The number of amides is 2. The van der Waals surface area contributed by atoms with Crippen LogP contribution in [0.3, 0.4) is 0 Å². The first-order chi connectivity index (χ1) is 10.0. The van der Waals surface area contributed by atoms with E-state index in [1.807, 2.05) is 12.1 Å². The summed E-state index contributed by atoms with van der Waals surface area (Å²) in [4.78, 5) is 13.8. The molecule has 0 aliphatic carbocycles. The maximum atomic E-state index is 12.1. The van der Waals surface area contributed by atoms with Crippen LogP contribution >= 0.6 is 11.6 Å². The topological polar surface area (TPSA) is 72.8 Å². The van der Waals surface area contributed by atoms with E-state index in [1.54, 1.807) is 17.0 Å². The van der Waals surface area contributed by atoms with Crippen molar-refractivity contribution in [1.29, 1.82) is 0 Å². The van der Waals surface area contributed by atoms with Crippen molar-refractivity contribution in [1.82, 2.24) is 10.2 Å². The van der Waals surface area contributed by atoms with Gasteiger partial charge < -0.3 is 20.4 Å². The number of likely N-dealkylation sites (tertiary alicyclic amines) is 1. The van der Waals surface area contributed by atoms with Gasteiger partial charge in [0.05, 0.1) is 12.2 Å². The highest BCUT2D eigenvalue weighted by Gasteiger charge is 2.30. The third-order valence-electron chi connectivity index (χ3n) is 3.86. The first-order valence-corrected chi connectivity index (χ1v) is 7.51. The van der Waals surface area contributed by atoms with E-state index in [0.717, 1.165) is 5.56 Å². The van der Waals surface area contributed by atoms with Gasteiger partial charge in [-0.05, 0) is 37.0 Å². The monoisotopic (exact) mass is 312 g/mol. The molecule has 1 aromatic carbocycles. The maximum absolute atomic E-state index is 12.1. The van der Waals surface area contributed by atoms with Gasteiger partial charge in [-0.25, -0.2) is 4.79 Å².